The molecule has 6 heterocycles. The summed E-state index contributed by atoms with van der Waals surface area (Å²) in [6, 6.07) is 45.8. The number of H-pyrrole nitrogens is 1. The Bertz CT molecular complexity index is 3070. The molecule has 0 unspecified atom stereocenters. The third-order valence-electron chi connectivity index (χ3n) is 9.53. The van der Waals surface area contributed by atoms with E-state index >= 15 is 0 Å². The topological polar surface area (TPSA) is 150 Å². The molecule has 0 spiro atoms. The molecule has 0 saturated heterocycles. The van der Waals surface area contributed by atoms with Crippen molar-refractivity contribution >= 4 is 89.4 Å². The highest BCUT2D eigenvalue weighted by Gasteiger charge is 2.33. The van der Waals surface area contributed by atoms with Gasteiger partial charge in [-0.05, 0) is 59.7 Å². The lowest BCUT2D eigenvalue weighted by Gasteiger charge is -2.09. The van der Waals surface area contributed by atoms with E-state index in [2.05, 4.69) is 25.6 Å². The van der Waals surface area contributed by atoms with Crippen molar-refractivity contribution in [2.45, 2.75) is 0 Å². The lowest BCUT2D eigenvalue weighted by atomic mass is 10.00. The van der Waals surface area contributed by atoms with Crippen molar-refractivity contribution in [3.63, 3.8) is 0 Å². The molecule has 11 nitrogen and oxygen atoms in total. The van der Waals surface area contributed by atoms with Crippen LogP contribution in [0.1, 0.15) is 31.5 Å². The van der Waals surface area contributed by atoms with Crippen molar-refractivity contribution in [2.24, 2.45) is 9.98 Å². The summed E-state index contributed by atoms with van der Waals surface area (Å²) in [7, 11) is 0. The Balaban J connectivity index is 1.23. The van der Waals surface area contributed by atoms with E-state index in [4.69, 9.17) is 20.0 Å². The summed E-state index contributed by atoms with van der Waals surface area (Å²) in [5.74, 6) is 0.558. The number of aromatic nitrogens is 5. The zero-order chi connectivity index (χ0) is 39.7. The van der Waals surface area contributed by atoms with Gasteiger partial charge in [-0.3, -0.25) is 19.6 Å². The van der Waals surface area contributed by atoms with E-state index in [1.54, 1.807) is 48.8 Å². The minimum atomic E-state index is -0.431. The first-order chi connectivity index (χ1) is 29.1. The Kier molecular flexibility index (Phi) is 9.25. The van der Waals surface area contributed by atoms with Gasteiger partial charge in [-0.25, -0.2) is 20.0 Å². The number of benzene rings is 4. The number of aliphatic imine (C=N–C) groups is 2. The highest BCUT2D eigenvalue weighted by atomic mass is 32.1. The number of fused-ring (bicyclic) bond motifs is 2. The second-order valence-corrected chi connectivity index (χ2v) is 15.3. The van der Waals surface area contributed by atoms with Crippen LogP contribution < -0.4 is 10.6 Å². The molecule has 0 aliphatic carbocycles. The van der Waals surface area contributed by atoms with Crippen molar-refractivity contribution < 1.29 is 9.59 Å². The maximum Gasteiger partial charge on any atom is 0.275 e. The van der Waals surface area contributed by atoms with Gasteiger partial charge in [0.05, 0.1) is 31.6 Å². The molecule has 5 aromatic heterocycles. The molecule has 0 bridgehead atoms. The predicted molar refractivity (Wildman–Crippen MR) is 236 cm³/mol. The van der Waals surface area contributed by atoms with E-state index in [0.29, 0.717) is 49.8 Å². The van der Waals surface area contributed by atoms with Gasteiger partial charge in [-0.15, -0.1) is 22.7 Å². The molecule has 10 rings (SSSR count). The molecule has 0 fully saturated rings. The van der Waals surface area contributed by atoms with Gasteiger partial charge in [-0.2, -0.15) is 0 Å². The van der Waals surface area contributed by atoms with Crippen molar-refractivity contribution in [3.8, 4) is 21.7 Å². The first-order valence-electron chi connectivity index (χ1n) is 18.5. The Labute approximate surface area is 344 Å². The van der Waals surface area contributed by atoms with Crippen LogP contribution in [-0.2, 0) is 0 Å². The molecule has 2 amide bonds. The van der Waals surface area contributed by atoms with E-state index in [9.17, 15) is 9.59 Å². The van der Waals surface area contributed by atoms with Gasteiger partial charge < -0.3 is 15.6 Å². The van der Waals surface area contributed by atoms with Crippen LogP contribution in [0, 0.1) is 0 Å². The lowest BCUT2D eigenvalue weighted by molar-refractivity contribution is 0.0971. The maximum absolute atomic E-state index is 13.8. The standard InChI is InChI=1S/C46H29N9O2S2/c56-43(31-21-11-13-25-47-31)54-41-37(45-49-29-19-7-9-23-33(29)58-45)35(27-15-3-1-4-16-27)39(52-41)51-40-36(28-17-5-2-6-18-28)38(46-50-30-20-8-10-24-34(30)59-46)42(53-40)55-44(57)32-22-12-14-26-48-32/h1-26,52H,(H,54,56)(H,51,53,55,57). The molecule has 13 heteroatoms. The van der Waals surface area contributed by atoms with Gasteiger partial charge in [0.1, 0.15) is 38.9 Å². The molecule has 1 aliphatic rings. The number of para-hydroxylation sites is 2. The molecule has 0 radical (unpaired) electrons. The number of thiazole rings is 2. The number of pyridine rings is 2. The average Bonchev–Trinajstić information content (AvgIpc) is 4.07. The van der Waals surface area contributed by atoms with Crippen LogP contribution in [0.15, 0.2) is 168 Å². The van der Waals surface area contributed by atoms with Crippen molar-refractivity contribution in [1.29, 1.82) is 0 Å². The van der Waals surface area contributed by atoms with E-state index in [1.165, 1.54) is 22.7 Å². The molecule has 0 atom stereocenters. The first kappa shape index (κ1) is 35.7. The van der Waals surface area contributed by atoms with E-state index in [0.717, 1.165) is 31.6 Å². The Morgan fingerprint density at radius 1 is 0.542 bits per heavy atom. The van der Waals surface area contributed by atoms with E-state index in [1.807, 2.05) is 109 Å². The van der Waals surface area contributed by atoms with Crippen molar-refractivity contribution in [3.05, 3.63) is 180 Å². The zero-order valence-electron chi connectivity index (χ0n) is 30.8. The summed E-state index contributed by atoms with van der Waals surface area (Å²) in [5, 5.41) is 7.47. The summed E-state index contributed by atoms with van der Waals surface area (Å²) >= 11 is 3.01. The number of amides is 2. The molecule has 4 aromatic carbocycles. The normalized spacial score (nSPS) is 13.3. The number of hydrogen-bond donors (Lipinski definition) is 3. The summed E-state index contributed by atoms with van der Waals surface area (Å²) < 4.78 is 1.97. The molecular formula is C46H29N9O2S2. The summed E-state index contributed by atoms with van der Waals surface area (Å²) in [4.78, 5) is 60.2. The SMILES string of the molecule is O=C(NC1=NC(=Nc2[nH]c(NC(=O)c3ccccn3)c(-c3nc4ccccc4s3)c2-c2ccccc2)C(c2ccccc2)=C1c1nc2ccccc2s1)c1ccccn1. The fourth-order valence-corrected chi connectivity index (χ4v) is 8.92. The summed E-state index contributed by atoms with van der Waals surface area (Å²) in [6.07, 6.45) is 3.15. The Morgan fingerprint density at radius 3 is 1.69 bits per heavy atom. The van der Waals surface area contributed by atoms with Crippen LogP contribution in [0.2, 0.25) is 0 Å². The van der Waals surface area contributed by atoms with Gasteiger partial charge in [0.25, 0.3) is 11.8 Å². The molecule has 282 valence electrons. The summed E-state index contributed by atoms with van der Waals surface area (Å²) in [6.45, 7) is 0. The van der Waals surface area contributed by atoms with Crippen LogP contribution in [0.3, 0.4) is 0 Å². The highest BCUT2D eigenvalue weighted by molar-refractivity contribution is 7.21. The first-order valence-corrected chi connectivity index (χ1v) is 20.2. The fourth-order valence-electron chi connectivity index (χ4n) is 6.88. The molecule has 3 N–H and O–H groups in total. The molecule has 59 heavy (non-hydrogen) atoms. The third kappa shape index (κ3) is 6.90. The second-order valence-electron chi connectivity index (χ2n) is 13.3. The molecule has 9 aromatic rings. The maximum atomic E-state index is 13.8. The number of hydrogen-bond acceptors (Lipinski definition) is 9. The fraction of sp³-hybridized carbons (Fsp3) is 0. The van der Waals surface area contributed by atoms with Crippen LogP contribution in [-0.4, -0.2) is 48.4 Å². The largest absolute Gasteiger partial charge is 0.325 e. The smallest absolute Gasteiger partial charge is 0.275 e. The minimum absolute atomic E-state index is 0.231. The number of carbonyl (C=O) groups is 2. The van der Waals surface area contributed by atoms with Gasteiger partial charge in [-0.1, -0.05) is 97.1 Å². The van der Waals surface area contributed by atoms with Crippen molar-refractivity contribution in [2.75, 3.05) is 5.32 Å². The quantitative estimate of drug-likeness (QED) is 0.139. The minimum Gasteiger partial charge on any atom is -0.325 e. The number of nitrogens with zero attached hydrogens (tertiary/aromatic N) is 6. The van der Waals surface area contributed by atoms with E-state index < -0.39 is 11.8 Å². The lowest BCUT2D eigenvalue weighted by Crippen LogP contribution is -2.31. The zero-order valence-corrected chi connectivity index (χ0v) is 32.5. The van der Waals surface area contributed by atoms with Crippen molar-refractivity contribution in [1.82, 2.24) is 30.2 Å². The molecule has 1 aliphatic heterocycles. The number of carbonyl (C=O) groups excluding carboxylic acids is 2. The second kappa shape index (κ2) is 15.3. The third-order valence-corrected chi connectivity index (χ3v) is 11.6. The number of aromatic amines is 1. The number of anilines is 1. The highest BCUT2D eigenvalue weighted by Crippen LogP contribution is 2.48. The van der Waals surface area contributed by atoms with Gasteiger partial charge in [0.15, 0.2) is 5.84 Å². The van der Waals surface area contributed by atoms with Crippen LogP contribution in [0.5, 0.6) is 0 Å². The number of rotatable bonds is 8. The molecule has 0 saturated carbocycles. The van der Waals surface area contributed by atoms with Gasteiger partial charge in [0.2, 0.25) is 0 Å². The van der Waals surface area contributed by atoms with Gasteiger partial charge in [0, 0.05) is 23.5 Å². The van der Waals surface area contributed by atoms with Crippen LogP contribution in [0.4, 0.5) is 11.6 Å². The monoisotopic (exact) mass is 803 g/mol. The van der Waals surface area contributed by atoms with Crippen LogP contribution in [0.25, 0.3) is 53.3 Å². The molecular weight excluding hydrogens is 775 g/mol. The Morgan fingerprint density at radius 2 is 1.08 bits per heavy atom. The van der Waals surface area contributed by atoms with E-state index in [-0.39, 0.29) is 17.2 Å². The average molecular weight is 804 g/mol. The van der Waals surface area contributed by atoms with Gasteiger partial charge >= 0.3 is 0 Å². The number of nitrogens with one attached hydrogen (secondary N) is 3. The number of amidine groups is 2. The Hall–Kier alpha value is -7.74. The predicted octanol–water partition coefficient (Wildman–Crippen LogP) is 10.1. The summed E-state index contributed by atoms with van der Waals surface area (Å²) in [5.41, 5.74) is 6.39. The van der Waals surface area contributed by atoms with Crippen LogP contribution >= 0.6 is 22.7 Å².